The Kier molecular flexibility index (Phi) is 3.10. The first-order valence-corrected chi connectivity index (χ1v) is 5.22. The molecule has 17 heavy (non-hydrogen) atoms. The summed E-state index contributed by atoms with van der Waals surface area (Å²) in [4.78, 5) is 0. The van der Waals surface area contributed by atoms with E-state index in [-0.39, 0.29) is 5.75 Å². The van der Waals surface area contributed by atoms with Crippen molar-refractivity contribution >= 4 is 6.21 Å². The molecule has 0 fully saturated rings. The van der Waals surface area contributed by atoms with Crippen LogP contribution in [-0.2, 0) is 0 Å². The first-order valence-electron chi connectivity index (χ1n) is 5.22. The summed E-state index contributed by atoms with van der Waals surface area (Å²) in [7, 11) is 1.59. The Morgan fingerprint density at radius 2 is 1.71 bits per heavy atom. The summed E-state index contributed by atoms with van der Waals surface area (Å²) in [5, 5.41) is 16.6. The molecule has 0 unspecified atom stereocenters. The smallest absolute Gasteiger partial charge is 0.127 e. The van der Waals surface area contributed by atoms with Gasteiger partial charge in [-0.25, -0.2) is 0 Å². The second-order valence-electron chi connectivity index (χ2n) is 3.65. The van der Waals surface area contributed by atoms with Gasteiger partial charge in [-0.3, -0.25) is 0 Å². The van der Waals surface area contributed by atoms with Crippen molar-refractivity contribution in [2.75, 3.05) is 7.11 Å². The number of phenols is 1. The molecule has 0 atom stereocenters. The lowest BCUT2D eigenvalue weighted by Gasteiger charge is -2.07. The molecule has 0 heterocycles. The molecule has 2 rings (SSSR count). The molecule has 0 aliphatic rings. The average Bonchev–Trinajstić information content (AvgIpc) is 2.39. The van der Waals surface area contributed by atoms with E-state index >= 15 is 0 Å². The number of hydrogen-bond donors (Lipinski definition) is 2. The molecular formula is C14H13NO2. The van der Waals surface area contributed by atoms with Gasteiger partial charge in [0, 0.05) is 11.8 Å². The predicted molar refractivity (Wildman–Crippen MR) is 68.0 cm³/mol. The molecule has 0 radical (unpaired) electrons. The number of nitrogens with one attached hydrogen (secondary N) is 1. The zero-order valence-corrected chi connectivity index (χ0v) is 9.47. The summed E-state index contributed by atoms with van der Waals surface area (Å²) in [5.41, 5.74) is 2.72. The third-order valence-corrected chi connectivity index (χ3v) is 2.59. The van der Waals surface area contributed by atoms with Crippen molar-refractivity contribution < 1.29 is 9.84 Å². The second kappa shape index (κ2) is 4.70. The van der Waals surface area contributed by atoms with Gasteiger partial charge in [-0.15, -0.1) is 0 Å². The summed E-state index contributed by atoms with van der Waals surface area (Å²) < 4.78 is 5.15. The van der Waals surface area contributed by atoms with Crippen molar-refractivity contribution in [1.29, 1.82) is 5.41 Å². The SMILES string of the molecule is COc1ccc(-c2ccc(O)cc2)cc1C=N. The Bertz CT molecular complexity index is 532. The number of aromatic hydroxyl groups is 1. The predicted octanol–water partition coefficient (Wildman–Crippen LogP) is 3.07. The maximum atomic E-state index is 9.23. The number of ether oxygens (including phenoxy) is 1. The van der Waals surface area contributed by atoms with Crippen LogP contribution in [0.3, 0.4) is 0 Å². The maximum absolute atomic E-state index is 9.23. The van der Waals surface area contributed by atoms with Crippen molar-refractivity contribution in [3.8, 4) is 22.6 Å². The Morgan fingerprint density at radius 3 is 2.29 bits per heavy atom. The van der Waals surface area contributed by atoms with Crippen molar-refractivity contribution in [2.24, 2.45) is 0 Å². The third-order valence-electron chi connectivity index (χ3n) is 2.59. The van der Waals surface area contributed by atoms with Gasteiger partial charge in [-0.05, 0) is 35.4 Å². The highest BCUT2D eigenvalue weighted by Crippen LogP contribution is 2.26. The van der Waals surface area contributed by atoms with Gasteiger partial charge in [0.25, 0.3) is 0 Å². The maximum Gasteiger partial charge on any atom is 0.127 e. The standard InChI is InChI=1S/C14H13NO2/c1-17-14-7-4-11(8-12(14)9-15)10-2-5-13(16)6-3-10/h2-9,15-16H,1H3. The molecule has 2 aromatic carbocycles. The second-order valence-corrected chi connectivity index (χ2v) is 3.65. The van der Waals surface area contributed by atoms with Crippen molar-refractivity contribution in [2.45, 2.75) is 0 Å². The highest BCUT2D eigenvalue weighted by atomic mass is 16.5. The zero-order valence-electron chi connectivity index (χ0n) is 9.47. The van der Waals surface area contributed by atoms with Crippen LogP contribution >= 0.6 is 0 Å². The topological polar surface area (TPSA) is 53.3 Å². The van der Waals surface area contributed by atoms with Crippen LogP contribution in [0.15, 0.2) is 42.5 Å². The van der Waals surface area contributed by atoms with Gasteiger partial charge in [-0.1, -0.05) is 18.2 Å². The molecule has 0 saturated carbocycles. The minimum Gasteiger partial charge on any atom is -0.508 e. The fourth-order valence-corrected chi connectivity index (χ4v) is 1.68. The summed E-state index contributed by atoms with van der Waals surface area (Å²) >= 11 is 0. The van der Waals surface area contributed by atoms with Crippen molar-refractivity contribution in [3.63, 3.8) is 0 Å². The molecule has 0 bridgehead atoms. The minimum absolute atomic E-state index is 0.245. The lowest BCUT2D eigenvalue weighted by molar-refractivity contribution is 0.414. The van der Waals surface area contributed by atoms with Crippen LogP contribution in [0.25, 0.3) is 11.1 Å². The molecule has 2 aromatic rings. The molecule has 3 heteroatoms. The average molecular weight is 227 g/mol. The van der Waals surface area contributed by atoms with E-state index in [0.29, 0.717) is 5.75 Å². The highest BCUT2D eigenvalue weighted by molar-refractivity contribution is 5.84. The van der Waals surface area contributed by atoms with Gasteiger partial charge in [-0.2, -0.15) is 0 Å². The van der Waals surface area contributed by atoms with E-state index in [1.165, 1.54) is 6.21 Å². The Balaban J connectivity index is 2.46. The van der Waals surface area contributed by atoms with Gasteiger partial charge in [0.15, 0.2) is 0 Å². The summed E-state index contributed by atoms with van der Waals surface area (Å²) in [6.07, 6.45) is 1.27. The minimum atomic E-state index is 0.245. The van der Waals surface area contributed by atoms with Crippen LogP contribution in [0.2, 0.25) is 0 Å². The van der Waals surface area contributed by atoms with E-state index in [1.807, 2.05) is 30.3 Å². The van der Waals surface area contributed by atoms with E-state index < -0.39 is 0 Å². The lowest BCUT2D eigenvalue weighted by Crippen LogP contribution is -1.91. The van der Waals surface area contributed by atoms with Gasteiger partial charge >= 0.3 is 0 Å². The van der Waals surface area contributed by atoms with E-state index in [1.54, 1.807) is 19.2 Å². The summed E-state index contributed by atoms with van der Waals surface area (Å²) in [6.45, 7) is 0. The first kappa shape index (κ1) is 11.2. The van der Waals surface area contributed by atoms with Crippen LogP contribution in [0, 0.1) is 5.41 Å². The molecule has 0 spiro atoms. The molecule has 0 aromatic heterocycles. The van der Waals surface area contributed by atoms with Crippen molar-refractivity contribution in [1.82, 2.24) is 0 Å². The van der Waals surface area contributed by atoms with E-state index in [9.17, 15) is 5.11 Å². The van der Waals surface area contributed by atoms with Gasteiger partial charge in [0.05, 0.1) is 7.11 Å². The molecule has 0 saturated heterocycles. The van der Waals surface area contributed by atoms with Gasteiger partial charge in [0.2, 0.25) is 0 Å². The van der Waals surface area contributed by atoms with Gasteiger partial charge < -0.3 is 15.3 Å². The van der Waals surface area contributed by atoms with Crippen LogP contribution < -0.4 is 4.74 Å². The zero-order chi connectivity index (χ0) is 12.3. The molecule has 3 nitrogen and oxygen atoms in total. The van der Waals surface area contributed by atoms with Crippen LogP contribution in [-0.4, -0.2) is 18.4 Å². The monoisotopic (exact) mass is 227 g/mol. The third kappa shape index (κ3) is 2.28. The molecule has 0 amide bonds. The molecule has 86 valence electrons. The lowest BCUT2D eigenvalue weighted by atomic mass is 10.0. The molecule has 2 N–H and O–H groups in total. The summed E-state index contributed by atoms with van der Waals surface area (Å²) in [5.74, 6) is 0.928. The normalized spacial score (nSPS) is 9.94. The number of benzene rings is 2. The fourth-order valence-electron chi connectivity index (χ4n) is 1.68. The van der Waals surface area contributed by atoms with Crippen LogP contribution in [0.4, 0.5) is 0 Å². The van der Waals surface area contributed by atoms with E-state index in [4.69, 9.17) is 10.1 Å². The Labute approximate surface area is 99.8 Å². The van der Waals surface area contributed by atoms with Crippen LogP contribution in [0.1, 0.15) is 5.56 Å². The number of methoxy groups -OCH3 is 1. The molecular weight excluding hydrogens is 214 g/mol. The molecule has 0 aliphatic carbocycles. The van der Waals surface area contributed by atoms with Crippen molar-refractivity contribution in [3.05, 3.63) is 48.0 Å². The fraction of sp³-hybridized carbons (Fsp3) is 0.0714. The number of hydrogen-bond acceptors (Lipinski definition) is 3. The van der Waals surface area contributed by atoms with Crippen LogP contribution in [0.5, 0.6) is 11.5 Å². The number of rotatable bonds is 3. The molecule has 0 aliphatic heterocycles. The Morgan fingerprint density at radius 1 is 1.06 bits per heavy atom. The highest BCUT2D eigenvalue weighted by Gasteiger charge is 2.03. The number of phenolic OH excluding ortho intramolecular Hbond substituents is 1. The quantitative estimate of drug-likeness (QED) is 0.792. The first-order chi connectivity index (χ1) is 8.24. The van der Waals surface area contributed by atoms with E-state index in [0.717, 1.165) is 16.7 Å². The Hall–Kier alpha value is -2.29. The van der Waals surface area contributed by atoms with E-state index in [2.05, 4.69) is 0 Å². The van der Waals surface area contributed by atoms with Gasteiger partial charge in [0.1, 0.15) is 11.5 Å². The summed E-state index contributed by atoms with van der Waals surface area (Å²) in [6, 6.07) is 12.6. The largest absolute Gasteiger partial charge is 0.508 e.